The van der Waals surface area contributed by atoms with Crippen LogP contribution in [0, 0.1) is 6.92 Å². The van der Waals surface area contributed by atoms with Crippen LogP contribution in [-0.2, 0) is 13.1 Å². The van der Waals surface area contributed by atoms with Gasteiger partial charge in [-0.05, 0) is 26.1 Å². The lowest BCUT2D eigenvalue weighted by Crippen LogP contribution is -2.17. The summed E-state index contributed by atoms with van der Waals surface area (Å²) in [6, 6.07) is 6.10. The molecule has 2 aromatic rings. The van der Waals surface area contributed by atoms with E-state index in [0.29, 0.717) is 0 Å². The van der Waals surface area contributed by atoms with Crippen molar-refractivity contribution in [2.45, 2.75) is 20.0 Å². The van der Waals surface area contributed by atoms with Gasteiger partial charge in [-0.2, -0.15) is 0 Å². The fraction of sp³-hybridized carbons (Fsp3) is 0.385. The number of hydrogen-bond donors (Lipinski definition) is 1. The van der Waals surface area contributed by atoms with E-state index in [1.54, 1.807) is 11.3 Å². The molecule has 0 spiro atoms. The molecule has 0 radical (unpaired) electrons. The summed E-state index contributed by atoms with van der Waals surface area (Å²) in [6.07, 6.45) is 0. The van der Waals surface area contributed by atoms with Crippen LogP contribution >= 0.6 is 11.3 Å². The minimum atomic E-state index is 0.786. The third kappa shape index (κ3) is 3.27. The van der Waals surface area contributed by atoms with Gasteiger partial charge in [-0.3, -0.25) is 4.98 Å². The van der Waals surface area contributed by atoms with E-state index in [1.807, 2.05) is 39.2 Å². The molecule has 2 aromatic heterocycles. The van der Waals surface area contributed by atoms with Crippen LogP contribution in [-0.4, -0.2) is 24.1 Å². The lowest BCUT2D eigenvalue weighted by molar-refractivity contribution is 0.791. The van der Waals surface area contributed by atoms with Gasteiger partial charge in [0.25, 0.3) is 0 Å². The summed E-state index contributed by atoms with van der Waals surface area (Å²) >= 11 is 1.67. The van der Waals surface area contributed by atoms with Gasteiger partial charge in [0.05, 0.1) is 17.9 Å². The van der Waals surface area contributed by atoms with Gasteiger partial charge in [-0.15, -0.1) is 11.3 Å². The lowest BCUT2D eigenvalue weighted by atomic mass is 10.3. The zero-order chi connectivity index (χ0) is 13.0. The van der Waals surface area contributed by atoms with Gasteiger partial charge in [0.1, 0.15) is 0 Å². The fourth-order valence-electron chi connectivity index (χ4n) is 1.73. The van der Waals surface area contributed by atoms with Crippen LogP contribution in [0.15, 0.2) is 23.6 Å². The zero-order valence-electron chi connectivity index (χ0n) is 11.0. The second-order valence-corrected chi connectivity index (χ2v) is 5.11. The molecule has 2 heterocycles. The van der Waals surface area contributed by atoms with Gasteiger partial charge in [0, 0.05) is 24.7 Å². The van der Waals surface area contributed by atoms with E-state index in [0.717, 1.165) is 35.3 Å². The van der Waals surface area contributed by atoms with Crippen LogP contribution in [0.4, 0.5) is 5.13 Å². The van der Waals surface area contributed by atoms with Gasteiger partial charge in [-0.25, -0.2) is 4.98 Å². The maximum atomic E-state index is 4.57. The Hall–Kier alpha value is -1.46. The lowest BCUT2D eigenvalue weighted by Gasteiger charge is -2.15. The Morgan fingerprint density at radius 3 is 2.83 bits per heavy atom. The second-order valence-electron chi connectivity index (χ2n) is 4.28. The second kappa shape index (κ2) is 5.93. The van der Waals surface area contributed by atoms with Crippen molar-refractivity contribution in [1.82, 2.24) is 15.3 Å². The maximum Gasteiger partial charge on any atom is 0.185 e. The molecule has 0 atom stereocenters. The van der Waals surface area contributed by atoms with Crippen LogP contribution in [0.2, 0.25) is 0 Å². The average molecular weight is 262 g/mol. The van der Waals surface area contributed by atoms with Crippen molar-refractivity contribution in [2.24, 2.45) is 0 Å². The van der Waals surface area contributed by atoms with E-state index < -0.39 is 0 Å². The molecule has 1 N–H and O–H groups in total. The quantitative estimate of drug-likeness (QED) is 0.897. The number of nitrogens with one attached hydrogen (secondary N) is 1. The number of thiazole rings is 1. The third-order valence-corrected chi connectivity index (χ3v) is 3.57. The van der Waals surface area contributed by atoms with E-state index in [2.05, 4.69) is 25.6 Å². The van der Waals surface area contributed by atoms with Crippen molar-refractivity contribution in [2.75, 3.05) is 19.0 Å². The first-order valence-electron chi connectivity index (χ1n) is 5.91. The maximum absolute atomic E-state index is 4.57. The van der Waals surface area contributed by atoms with E-state index in [9.17, 15) is 0 Å². The van der Waals surface area contributed by atoms with Gasteiger partial charge in [0.2, 0.25) is 0 Å². The Morgan fingerprint density at radius 1 is 1.28 bits per heavy atom. The largest absolute Gasteiger partial charge is 0.345 e. The van der Waals surface area contributed by atoms with Crippen LogP contribution in [0.1, 0.15) is 17.1 Å². The van der Waals surface area contributed by atoms with Crippen LogP contribution in [0.3, 0.4) is 0 Å². The fourth-order valence-corrected chi connectivity index (χ4v) is 2.52. The number of nitrogens with zero attached hydrogens (tertiary/aromatic N) is 3. The average Bonchev–Trinajstić information content (AvgIpc) is 2.78. The highest BCUT2D eigenvalue weighted by Crippen LogP contribution is 2.20. The molecular weight excluding hydrogens is 244 g/mol. The number of rotatable bonds is 5. The monoisotopic (exact) mass is 262 g/mol. The minimum absolute atomic E-state index is 0.786. The summed E-state index contributed by atoms with van der Waals surface area (Å²) in [4.78, 5) is 11.2. The molecule has 0 aliphatic heterocycles. The molecule has 0 aromatic carbocycles. The Balaban J connectivity index is 2.04. The molecule has 0 bridgehead atoms. The minimum Gasteiger partial charge on any atom is -0.345 e. The molecular formula is C13H18N4S. The highest BCUT2D eigenvalue weighted by atomic mass is 32.1. The smallest absolute Gasteiger partial charge is 0.185 e. The van der Waals surface area contributed by atoms with E-state index in [1.165, 1.54) is 0 Å². The first-order chi connectivity index (χ1) is 8.69. The number of aryl methyl sites for hydroxylation is 1. The number of aromatic nitrogens is 2. The summed E-state index contributed by atoms with van der Waals surface area (Å²) < 4.78 is 0. The molecule has 18 heavy (non-hydrogen) atoms. The molecule has 0 saturated carbocycles. The highest BCUT2D eigenvalue weighted by molar-refractivity contribution is 7.13. The molecule has 0 unspecified atom stereocenters. The van der Waals surface area contributed by atoms with Crippen LogP contribution in [0.5, 0.6) is 0 Å². The van der Waals surface area contributed by atoms with Gasteiger partial charge < -0.3 is 10.2 Å². The van der Waals surface area contributed by atoms with E-state index in [4.69, 9.17) is 0 Å². The number of pyridine rings is 1. The van der Waals surface area contributed by atoms with Gasteiger partial charge in [0.15, 0.2) is 5.13 Å². The van der Waals surface area contributed by atoms with Crippen molar-refractivity contribution in [3.8, 4) is 0 Å². The molecule has 0 amide bonds. The first kappa shape index (κ1) is 13.0. The Morgan fingerprint density at radius 2 is 2.11 bits per heavy atom. The highest BCUT2D eigenvalue weighted by Gasteiger charge is 2.08. The number of hydrogen-bond acceptors (Lipinski definition) is 5. The Bertz CT molecular complexity index is 509. The third-order valence-electron chi connectivity index (χ3n) is 2.57. The van der Waals surface area contributed by atoms with Crippen molar-refractivity contribution in [3.05, 3.63) is 40.7 Å². The summed E-state index contributed by atoms with van der Waals surface area (Å²) in [5.74, 6) is 0. The topological polar surface area (TPSA) is 41.0 Å². The molecule has 4 nitrogen and oxygen atoms in total. The van der Waals surface area contributed by atoms with Gasteiger partial charge in [-0.1, -0.05) is 6.07 Å². The molecule has 0 aliphatic rings. The van der Waals surface area contributed by atoms with Crippen molar-refractivity contribution in [1.29, 1.82) is 0 Å². The van der Waals surface area contributed by atoms with Crippen LogP contribution < -0.4 is 10.2 Å². The van der Waals surface area contributed by atoms with Crippen LogP contribution in [0.25, 0.3) is 0 Å². The van der Waals surface area contributed by atoms with Gasteiger partial charge >= 0.3 is 0 Å². The van der Waals surface area contributed by atoms with Crippen molar-refractivity contribution < 1.29 is 0 Å². The standard InChI is InChI=1S/C13H18N4S/c1-10-5-4-6-11(15-10)8-17(3)13-16-12(7-14-2)9-18-13/h4-6,9,14H,7-8H2,1-3H3. The van der Waals surface area contributed by atoms with Crippen molar-refractivity contribution >= 4 is 16.5 Å². The zero-order valence-corrected chi connectivity index (χ0v) is 11.8. The summed E-state index contributed by atoms with van der Waals surface area (Å²) in [6.45, 7) is 3.61. The Labute approximate surface area is 112 Å². The molecule has 0 saturated heterocycles. The normalized spacial score (nSPS) is 10.6. The predicted octanol–water partition coefficient (Wildman–Crippen LogP) is 2.20. The number of anilines is 1. The van der Waals surface area contributed by atoms with E-state index >= 15 is 0 Å². The molecule has 0 fully saturated rings. The summed E-state index contributed by atoms with van der Waals surface area (Å²) in [7, 11) is 3.98. The molecule has 2 rings (SSSR count). The molecule has 5 heteroatoms. The summed E-state index contributed by atoms with van der Waals surface area (Å²) in [5.41, 5.74) is 3.21. The predicted molar refractivity (Wildman–Crippen MR) is 76.0 cm³/mol. The summed E-state index contributed by atoms with van der Waals surface area (Å²) in [5, 5.41) is 6.23. The Kier molecular flexibility index (Phi) is 4.28. The SMILES string of the molecule is CNCc1csc(N(C)Cc2cccc(C)n2)n1. The van der Waals surface area contributed by atoms with E-state index in [-0.39, 0.29) is 0 Å². The molecule has 96 valence electrons. The molecule has 0 aliphatic carbocycles. The first-order valence-corrected chi connectivity index (χ1v) is 6.79. The van der Waals surface area contributed by atoms with Crippen molar-refractivity contribution in [3.63, 3.8) is 0 Å².